The molecule has 1 atom stereocenters. The lowest BCUT2D eigenvalue weighted by atomic mass is 10.2. The molecule has 2 aromatic rings. The number of para-hydroxylation sites is 1. The number of anilines is 1. The van der Waals surface area contributed by atoms with Crippen molar-refractivity contribution >= 4 is 17.6 Å². The molecule has 8 nitrogen and oxygen atoms in total. The molecule has 30 heavy (non-hydrogen) atoms. The lowest BCUT2D eigenvalue weighted by Crippen LogP contribution is -2.51. The number of amides is 3. The molecule has 1 aromatic heterocycles. The van der Waals surface area contributed by atoms with Crippen LogP contribution in [0.3, 0.4) is 0 Å². The third-order valence-electron chi connectivity index (χ3n) is 5.52. The van der Waals surface area contributed by atoms with E-state index in [0.717, 1.165) is 31.7 Å². The Morgan fingerprint density at radius 3 is 2.63 bits per heavy atom. The van der Waals surface area contributed by atoms with Gasteiger partial charge in [-0.3, -0.25) is 9.69 Å². The van der Waals surface area contributed by atoms with E-state index in [1.807, 2.05) is 40.1 Å². The first kappa shape index (κ1) is 20.4. The average Bonchev–Trinajstić information content (AvgIpc) is 3.21. The van der Waals surface area contributed by atoms with E-state index in [0.29, 0.717) is 38.5 Å². The summed E-state index contributed by atoms with van der Waals surface area (Å²) in [7, 11) is 0. The number of carbonyl (C=O) groups is 2. The van der Waals surface area contributed by atoms with Crippen molar-refractivity contribution in [2.75, 3.05) is 57.7 Å². The van der Waals surface area contributed by atoms with E-state index in [2.05, 4.69) is 10.2 Å². The highest BCUT2D eigenvalue weighted by atomic mass is 16.5. The molecule has 3 amide bonds. The fourth-order valence-corrected chi connectivity index (χ4v) is 3.94. The van der Waals surface area contributed by atoms with Crippen LogP contribution in [0.15, 0.2) is 53.1 Å². The number of urea groups is 1. The molecule has 0 aliphatic carbocycles. The van der Waals surface area contributed by atoms with Crippen LogP contribution < -0.4 is 5.32 Å². The second-order valence-electron chi connectivity index (χ2n) is 7.66. The second kappa shape index (κ2) is 9.77. The van der Waals surface area contributed by atoms with Gasteiger partial charge < -0.3 is 24.3 Å². The maximum atomic E-state index is 12.6. The van der Waals surface area contributed by atoms with E-state index < -0.39 is 0 Å². The second-order valence-corrected chi connectivity index (χ2v) is 7.66. The van der Waals surface area contributed by atoms with Gasteiger partial charge in [0, 0.05) is 45.0 Å². The number of nitrogens with one attached hydrogen (secondary N) is 1. The number of ether oxygens (including phenoxy) is 1. The van der Waals surface area contributed by atoms with Gasteiger partial charge in [0.15, 0.2) is 5.76 Å². The number of carbonyl (C=O) groups excluding carboxylic acids is 2. The third kappa shape index (κ3) is 5.20. The van der Waals surface area contributed by atoms with Gasteiger partial charge in [-0.15, -0.1) is 0 Å². The molecule has 0 radical (unpaired) electrons. The maximum absolute atomic E-state index is 12.6. The van der Waals surface area contributed by atoms with E-state index in [9.17, 15) is 9.59 Å². The van der Waals surface area contributed by atoms with E-state index in [-0.39, 0.29) is 18.0 Å². The van der Waals surface area contributed by atoms with Gasteiger partial charge in [-0.1, -0.05) is 18.2 Å². The minimum Gasteiger partial charge on any atom is -0.459 e. The topological polar surface area (TPSA) is 78.3 Å². The van der Waals surface area contributed by atoms with Crippen molar-refractivity contribution in [3.05, 3.63) is 54.5 Å². The summed E-state index contributed by atoms with van der Waals surface area (Å²) >= 11 is 0. The average molecular weight is 412 g/mol. The Morgan fingerprint density at radius 1 is 0.967 bits per heavy atom. The van der Waals surface area contributed by atoms with Crippen molar-refractivity contribution in [3.8, 4) is 0 Å². The third-order valence-corrected chi connectivity index (χ3v) is 5.52. The van der Waals surface area contributed by atoms with Crippen LogP contribution >= 0.6 is 0 Å². The smallest absolute Gasteiger partial charge is 0.322 e. The van der Waals surface area contributed by atoms with Gasteiger partial charge in [0.1, 0.15) is 0 Å². The van der Waals surface area contributed by atoms with Crippen LogP contribution in [-0.4, -0.2) is 85.2 Å². The number of furan rings is 1. The zero-order valence-corrected chi connectivity index (χ0v) is 17.0. The highest BCUT2D eigenvalue weighted by molar-refractivity contribution is 5.91. The van der Waals surface area contributed by atoms with Gasteiger partial charge in [0.25, 0.3) is 5.91 Å². The van der Waals surface area contributed by atoms with Gasteiger partial charge in [0.05, 0.1) is 19.0 Å². The minimum atomic E-state index is -0.0967. The lowest BCUT2D eigenvalue weighted by molar-refractivity contribution is -0.0283. The van der Waals surface area contributed by atoms with Crippen LogP contribution in [0, 0.1) is 0 Å². The molecule has 160 valence electrons. The molecule has 4 rings (SSSR count). The summed E-state index contributed by atoms with van der Waals surface area (Å²) in [6.45, 7) is 5.48. The van der Waals surface area contributed by atoms with E-state index in [1.54, 1.807) is 12.1 Å². The molecule has 1 N–H and O–H groups in total. The Hall–Kier alpha value is -2.84. The molecule has 3 heterocycles. The highest BCUT2D eigenvalue weighted by Gasteiger charge is 2.28. The van der Waals surface area contributed by atoms with Crippen molar-refractivity contribution in [1.29, 1.82) is 0 Å². The molecule has 1 aromatic carbocycles. The zero-order valence-electron chi connectivity index (χ0n) is 17.0. The summed E-state index contributed by atoms with van der Waals surface area (Å²) in [5.74, 6) is 0.332. The Morgan fingerprint density at radius 2 is 1.83 bits per heavy atom. The quantitative estimate of drug-likeness (QED) is 0.834. The number of nitrogens with zero attached hydrogens (tertiary/aromatic N) is 3. The van der Waals surface area contributed by atoms with Gasteiger partial charge >= 0.3 is 6.03 Å². The number of hydrogen-bond donors (Lipinski definition) is 1. The monoisotopic (exact) mass is 412 g/mol. The van der Waals surface area contributed by atoms with Crippen molar-refractivity contribution in [1.82, 2.24) is 14.7 Å². The maximum Gasteiger partial charge on any atom is 0.322 e. The molecule has 0 bridgehead atoms. The van der Waals surface area contributed by atoms with Crippen LogP contribution in [0.2, 0.25) is 0 Å². The number of rotatable bonds is 4. The standard InChI is InChI=1S/C22H28N4O4/c27-21(20-8-4-14-30-20)25-10-5-9-24(11-12-25)16-19-17-26(13-15-29-19)22(28)23-18-6-2-1-3-7-18/h1-4,6-8,14,19H,5,9-13,15-17H2,(H,23,28)/t19-/m1/s1. The largest absolute Gasteiger partial charge is 0.459 e. The number of benzene rings is 1. The molecule has 2 aliphatic rings. The molecule has 0 unspecified atom stereocenters. The van der Waals surface area contributed by atoms with E-state index >= 15 is 0 Å². The molecule has 2 fully saturated rings. The fraction of sp³-hybridized carbons (Fsp3) is 0.455. The summed E-state index contributed by atoms with van der Waals surface area (Å²) in [6, 6.07) is 12.8. The SMILES string of the molecule is O=C(Nc1ccccc1)N1CCO[C@H](CN2CCCN(C(=O)c3ccco3)CC2)C1. The Bertz CT molecular complexity index is 827. The predicted molar refractivity (Wildman–Crippen MR) is 112 cm³/mol. The minimum absolute atomic E-state index is 0.0346. The molecular formula is C22H28N4O4. The summed E-state index contributed by atoms with van der Waals surface area (Å²) in [4.78, 5) is 31.1. The number of morpholine rings is 1. The van der Waals surface area contributed by atoms with Crippen LogP contribution in [0.25, 0.3) is 0 Å². The summed E-state index contributed by atoms with van der Waals surface area (Å²) < 4.78 is 11.2. The summed E-state index contributed by atoms with van der Waals surface area (Å²) in [5, 5.41) is 2.94. The first-order valence-corrected chi connectivity index (χ1v) is 10.5. The van der Waals surface area contributed by atoms with Gasteiger partial charge in [-0.25, -0.2) is 4.79 Å². The molecule has 2 aliphatic heterocycles. The molecule has 0 saturated carbocycles. The van der Waals surface area contributed by atoms with E-state index in [1.165, 1.54) is 6.26 Å². The fourth-order valence-electron chi connectivity index (χ4n) is 3.94. The normalized spacial score (nSPS) is 20.6. The molecule has 0 spiro atoms. The van der Waals surface area contributed by atoms with Crippen LogP contribution in [0.4, 0.5) is 10.5 Å². The lowest BCUT2D eigenvalue weighted by Gasteiger charge is -2.35. The van der Waals surface area contributed by atoms with Gasteiger partial charge in [-0.2, -0.15) is 0 Å². The zero-order chi connectivity index (χ0) is 20.8. The molecular weight excluding hydrogens is 384 g/mol. The molecule has 8 heteroatoms. The summed E-state index contributed by atoms with van der Waals surface area (Å²) in [5.41, 5.74) is 0.791. The molecule has 2 saturated heterocycles. The highest BCUT2D eigenvalue weighted by Crippen LogP contribution is 2.14. The first-order chi connectivity index (χ1) is 14.7. The van der Waals surface area contributed by atoms with Crippen LogP contribution in [0.5, 0.6) is 0 Å². The number of hydrogen-bond acceptors (Lipinski definition) is 5. The van der Waals surface area contributed by atoms with Crippen molar-refractivity contribution in [3.63, 3.8) is 0 Å². The Kier molecular flexibility index (Phi) is 6.66. The van der Waals surface area contributed by atoms with E-state index in [4.69, 9.17) is 9.15 Å². The van der Waals surface area contributed by atoms with Crippen molar-refractivity contribution in [2.24, 2.45) is 0 Å². The van der Waals surface area contributed by atoms with Crippen LogP contribution in [-0.2, 0) is 4.74 Å². The summed E-state index contributed by atoms with van der Waals surface area (Å²) in [6.07, 6.45) is 2.39. The first-order valence-electron chi connectivity index (χ1n) is 10.5. The Labute approximate surface area is 176 Å². The van der Waals surface area contributed by atoms with Crippen LogP contribution in [0.1, 0.15) is 17.0 Å². The van der Waals surface area contributed by atoms with Crippen molar-refractivity contribution in [2.45, 2.75) is 12.5 Å². The predicted octanol–water partition coefficient (Wildman–Crippen LogP) is 2.36. The Balaban J connectivity index is 1.26. The van der Waals surface area contributed by atoms with Gasteiger partial charge in [-0.05, 0) is 37.2 Å². The van der Waals surface area contributed by atoms with Crippen molar-refractivity contribution < 1.29 is 18.7 Å². The van der Waals surface area contributed by atoms with Gasteiger partial charge in [0.2, 0.25) is 0 Å².